The Labute approximate surface area is 151 Å². The molecule has 2 saturated heterocycles. The highest BCUT2D eigenvalue weighted by Crippen LogP contribution is 2.25. The van der Waals surface area contributed by atoms with Gasteiger partial charge in [-0.1, -0.05) is 11.5 Å². The summed E-state index contributed by atoms with van der Waals surface area (Å²) < 4.78 is 22.6. The van der Waals surface area contributed by atoms with Crippen LogP contribution in [0.2, 0.25) is 0 Å². The predicted octanol–water partition coefficient (Wildman–Crippen LogP) is -0.0976. The van der Waals surface area contributed by atoms with E-state index in [-0.39, 0.29) is 0 Å². The van der Waals surface area contributed by atoms with Gasteiger partial charge in [-0.15, -0.1) is 0 Å². The molecular weight excluding hydrogens is 319 g/mol. The lowest BCUT2D eigenvalue weighted by Gasteiger charge is -2.27. The summed E-state index contributed by atoms with van der Waals surface area (Å²) in [5.41, 5.74) is 0.682. The van der Waals surface area contributed by atoms with Gasteiger partial charge in [-0.3, -0.25) is 9.80 Å². The van der Waals surface area contributed by atoms with Gasteiger partial charge in [0.1, 0.15) is 21.1 Å². The van der Waals surface area contributed by atoms with Gasteiger partial charge in [0.15, 0.2) is 11.5 Å². The van der Waals surface area contributed by atoms with Crippen molar-refractivity contribution in [2.45, 2.75) is 0 Å². The third-order valence-corrected chi connectivity index (χ3v) is 4.51. The Bertz CT molecular complexity index is 520. The van der Waals surface area contributed by atoms with E-state index in [1.165, 1.54) is 0 Å². The average Bonchev–Trinajstić information content (AvgIpc) is 2.65. The second kappa shape index (κ2) is 10.0. The lowest BCUT2D eigenvalue weighted by atomic mass is 9.96. The molecule has 2 heterocycles. The largest absolute Gasteiger partial charge is 0.488 e. The Kier molecular flexibility index (Phi) is 7.42. The van der Waals surface area contributed by atoms with Crippen molar-refractivity contribution in [3.8, 4) is 11.5 Å². The number of hydrogen-bond acceptors (Lipinski definition) is 6. The Hall–Kier alpha value is -1.28. The molecule has 0 aromatic heterocycles. The van der Waals surface area contributed by atoms with Crippen LogP contribution in [0, 0.1) is 0 Å². The van der Waals surface area contributed by atoms with Crippen LogP contribution < -0.4 is 14.9 Å². The summed E-state index contributed by atoms with van der Waals surface area (Å²) in [6, 6.07) is 5.57. The van der Waals surface area contributed by atoms with Crippen LogP contribution in [0.3, 0.4) is 0 Å². The molecule has 2 radical (unpaired) electrons. The zero-order valence-electron chi connectivity index (χ0n) is 14.8. The van der Waals surface area contributed by atoms with Crippen molar-refractivity contribution in [1.29, 1.82) is 0 Å². The molecule has 0 spiro atoms. The molecule has 0 atom stereocenters. The minimum Gasteiger partial charge on any atom is -0.488 e. The molecule has 0 amide bonds. The van der Waals surface area contributed by atoms with E-state index in [0.717, 1.165) is 77.2 Å². The second-order valence-corrected chi connectivity index (χ2v) is 6.31. The summed E-state index contributed by atoms with van der Waals surface area (Å²) in [4.78, 5) is 4.69. The third-order valence-electron chi connectivity index (χ3n) is 4.51. The van der Waals surface area contributed by atoms with Crippen molar-refractivity contribution in [2.24, 2.45) is 0 Å². The van der Waals surface area contributed by atoms with E-state index in [0.29, 0.717) is 18.7 Å². The van der Waals surface area contributed by atoms with E-state index in [1.807, 2.05) is 18.2 Å². The smallest absolute Gasteiger partial charge is 0.161 e. The van der Waals surface area contributed by atoms with Crippen LogP contribution in [0.5, 0.6) is 11.5 Å². The highest BCUT2D eigenvalue weighted by molar-refractivity contribution is 6.32. The summed E-state index contributed by atoms with van der Waals surface area (Å²) in [5, 5.41) is 0. The quantitative estimate of drug-likeness (QED) is 0.613. The van der Waals surface area contributed by atoms with Crippen LogP contribution in [0.4, 0.5) is 0 Å². The Morgan fingerprint density at radius 3 is 1.88 bits per heavy atom. The van der Waals surface area contributed by atoms with Gasteiger partial charge in [0, 0.05) is 39.3 Å². The third kappa shape index (κ3) is 6.19. The number of morpholine rings is 2. The van der Waals surface area contributed by atoms with E-state index >= 15 is 0 Å². The first-order chi connectivity index (χ1) is 12.3. The summed E-state index contributed by atoms with van der Waals surface area (Å²) in [5.74, 6) is 1.47. The highest BCUT2D eigenvalue weighted by atomic mass is 16.5. The van der Waals surface area contributed by atoms with E-state index in [4.69, 9.17) is 26.8 Å². The van der Waals surface area contributed by atoms with Gasteiger partial charge < -0.3 is 18.9 Å². The molecule has 0 bridgehead atoms. The molecule has 0 aliphatic carbocycles. The van der Waals surface area contributed by atoms with Crippen molar-refractivity contribution in [2.75, 3.05) is 78.9 Å². The lowest BCUT2D eigenvalue weighted by molar-refractivity contribution is 0.0305. The number of benzene rings is 1. The van der Waals surface area contributed by atoms with Crippen molar-refractivity contribution in [3.05, 3.63) is 18.2 Å². The standard InChI is InChI=1S/C18H27BN2O4/c19-16-1-2-17(24-13-7-20-3-9-22-10-4-20)18(15-16)25-14-8-21-5-11-23-12-6-21/h1-2,15H,3-14H2. The number of ether oxygens (including phenoxy) is 4. The maximum Gasteiger partial charge on any atom is 0.161 e. The molecule has 1 aromatic carbocycles. The number of hydrogen-bond donors (Lipinski definition) is 0. The van der Waals surface area contributed by atoms with Gasteiger partial charge >= 0.3 is 0 Å². The minimum absolute atomic E-state index is 0.614. The first-order valence-electron chi connectivity index (χ1n) is 9.06. The van der Waals surface area contributed by atoms with Crippen molar-refractivity contribution >= 4 is 13.3 Å². The van der Waals surface area contributed by atoms with E-state index < -0.39 is 0 Å². The van der Waals surface area contributed by atoms with Gasteiger partial charge in [0.05, 0.1) is 26.4 Å². The minimum atomic E-state index is 0.614. The molecule has 2 aliphatic rings. The molecular formula is C18H27BN2O4. The normalized spacial score (nSPS) is 19.7. The molecule has 7 heteroatoms. The van der Waals surface area contributed by atoms with Crippen molar-refractivity contribution < 1.29 is 18.9 Å². The molecule has 1 aromatic rings. The van der Waals surface area contributed by atoms with Crippen molar-refractivity contribution in [1.82, 2.24) is 9.80 Å². The van der Waals surface area contributed by atoms with Crippen LogP contribution in [0.1, 0.15) is 0 Å². The molecule has 0 unspecified atom stereocenters. The molecule has 6 nitrogen and oxygen atoms in total. The first kappa shape index (κ1) is 18.5. The van der Waals surface area contributed by atoms with Crippen LogP contribution in [0.25, 0.3) is 0 Å². The summed E-state index contributed by atoms with van der Waals surface area (Å²) >= 11 is 0. The number of nitrogens with zero attached hydrogens (tertiary/aromatic N) is 2. The topological polar surface area (TPSA) is 43.4 Å². The van der Waals surface area contributed by atoms with Gasteiger partial charge in [0.25, 0.3) is 0 Å². The predicted molar refractivity (Wildman–Crippen MR) is 97.3 cm³/mol. The maximum absolute atomic E-state index is 5.94. The van der Waals surface area contributed by atoms with Gasteiger partial charge in [-0.05, 0) is 12.1 Å². The monoisotopic (exact) mass is 346 g/mol. The fourth-order valence-electron chi connectivity index (χ4n) is 2.98. The zero-order chi connectivity index (χ0) is 17.3. The van der Waals surface area contributed by atoms with Crippen LogP contribution >= 0.6 is 0 Å². The van der Waals surface area contributed by atoms with Crippen LogP contribution in [0.15, 0.2) is 18.2 Å². The highest BCUT2D eigenvalue weighted by Gasteiger charge is 2.13. The Morgan fingerprint density at radius 2 is 1.32 bits per heavy atom. The van der Waals surface area contributed by atoms with Gasteiger partial charge in [-0.25, -0.2) is 0 Å². The summed E-state index contributed by atoms with van der Waals surface area (Å²) in [6.45, 7) is 10.1. The molecule has 25 heavy (non-hydrogen) atoms. The summed E-state index contributed by atoms with van der Waals surface area (Å²) in [7, 11) is 5.90. The van der Waals surface area contributed by atoms with Crippen molar-refractivity contribution in [3.63, 3.8) is 0 Å². The fraction of sp³-hybridized carbons (Fsp3) is 0.667. The Morgan fingerprint density at radius 1 is 0.800 bits per heavy atom. The van der Waals surface area contributed by atoms with E-state index in [9.17, 15) is 0 Å². The average molecular weight is 346 g/mol. The number of rotatable bonds is 8. The molecule has 3 rings (SSSR count). The SMILES string of the molecule is [B]c1ccc(OCCN2CCOCC2)c(OCCN2CCOCC2)c1. The molecule has 136 valence electrons. The first-order valence-corrected chi connectivity index (χ1v) is 9.06. The summed E-state index contributed by atoms with van der Waals surface area (Å²) in [6.07, 6.45) is 0. The molecule has 2 fully saturated rings. The zero-order valence-corrected chi connectivity index (χ0v) is 14.8. The van der Waals surface area contributed by atoms with Crippen LogP contribution in [-0.2, 0) is 9.47 Å². The molecule has 0 N–H and O–H groups in total. The van der Waals surface area contributed by atoms with E-state index in [1.54, 1.807) is 0 Å². The Balaban J connectivity index is 1.45. The van der Waals surface area contributed by atoms with Gasteiger partial charge in [-0.2, -0.15) is 0 Å². The fourth-order valence-corrected chi connectivity index (χ4v) is 2.98. The second-order valence-electron chi connectivity index (χ2n) is 6.31. The molecule has 2 aliphatic heterocycles. The van der Waals surface area contributed by atoms with Gasteiger partial charge in [0.2, 0.25) is 0 Å². The molecule has 0 saturated carbocycles. The van der Waals surface area contributed by atoms with E-state index in [2.05, 4.69) is 9.80 Å². The van der Waals surface area contributed by atoms with Crippen LogP contribution in [-0.4, -0.2) is 96.6 Å². The maximum atomic E-state index is 5.94. The lowest BCUT2D eigenvalue weighted by Crippen LogP contribution is -2.39.